The van der Waals surface area contributed by atoms with Crippen LogP contribution in [0.15, 0.2) is 83.9 Å². The molecule has 264 valence electrons. The van der Waals surface area contributed by atoms with E-state index in [9.17, 15) is 56.2 Å². The van der Waals surface area contributed by atoms with E-state index in [1.165, 1.54) is 62.4 Å². The fraction of sp³-hybridized carbons (Fsp3) is 0.212. The van der Waals surface area contributed by atoms with Gasteiger partial charge in [-0.25, -0.2) is 9.59 Å². The molecule has 4 aromatic rings. The van der Waals surface area contributed by atoms with Crippen molar-refractivity contribution in [3.05, 3.63) is 124 Å². The van der Waals surface area contributed by atoms with Crippen LogP contribution >= 0.6 is 22.7 Å². The van der Waals surface area contributed by atoms with Gasteiger partial charge >= 0.3 is 24.3 Å². The molecule has 2 unspecified atom stereocenters. The second-order valence-corrected chi connectivity index (χ2v) is 14.1. The summed E-state index contributed by atoms with van der Waals surface area (Å²) >= 11 is 1.39. The first-order valence-electron chi connectivity index (χ1n) is 14.5. The number of benzene rings is 2. The van der Waals surface area contributed by atoms with E-state index in [-0.39, 0.29) is 53.5 Å². The molecule has 10 nitrogen and oxygen atoms in total. The van der Waals surface area contributed by atoms with Crippen molar-refractivity contribution in [2.24, 2.45) is 17.3 Å². The maximum Gasteiger partial charge on any atom is 0.413 e. The minimum absolute atomic E-state index is 0.0626. The lowest BCUT2D eigenvalue weighted by Gasteiger charge is -2.29. The van der Waals surface area contributed by atoms with Crippen LogP contribution in [-0.4, -0.2) is 34.1 Å². The summed E-state index contributed by atoms with van der Waals surface area (Å²) in [6, 6.07) is 14.2. The van der Waals surface area contributed by atoms with Crippen LogP contribution in [0.1, 0.15) is 42.9 Å². The molecule has 0 fully saturated rings. The molecule has 0 aliphatic heterocycles. The van der Waals surface area contributed by atoms with Crippen LogP contribution in [0.5, 0.6) is 11.5 Å². The van der Waals surface area contributed by atoms with Crippen LogP contribution < -0.4 is 9.47 Å². The molecule has 0 saturated heterocycles. The second-order valence-electron chi connectivity index (χ2n) is 11.9. The second kappa shape index (κ2) is 12.4. The molecule has 2 bridgehead atoms. The molecule has 51 heavy (non-hydrogen) atoms. The van der Waals surface area contributed by atoms with Crippen molar-refractivity contribution in [3.63, 3.8) is 0 Å². The fourth-order valence-electron chi connectivity index (χ4n) is 6.52. The van der Waals surface area contributed by atoms with E-state index < -0.39 is 62.5 Å². The summed E-state index contributed by atoms with van der Waals surface area (Å²) in [7, 11) is 0. The summed E-state index contributed by atoms with van der Waals surface area (Å²) in [5.74, 6) is -5.68. The lowest BCUT2D eigenvalue weighted by Crippen LogP contribution is -2.27. The summed E-state index contributed by atoms with van der Waals surface area (Å²) in [6.07, 6.45) is -10.7. The minimum atomic E-state index is -5.37. The van der Waals surface area contributed by atoms with Crippen molar-refractivity contribution in [3.8, 4) is 11.5 Å². The fourth-order valence-corrected chi connectivity index (χ4v) is 8.46. The third kappa shape index (κ3) is 6.40. The normalized spacial score (nSPS) is 18.3. The van der Waals surface area contributed by atoms with Crippen molar-refractivity contribution < 1.29 is 55.3 Å². The number of allylic oxidation sites excluding steroid dienone is 4. The number of nitrogens with zero attached hydrogens (tertiary/aromatic N) is 2. The number of fused-ring (bicyclic) bond motifs is 2. The number of halogens is 6. The van der Waals surface area contributed by atoms with E-state index in [0.29, 0.717) is 22.7 Å². The predicted octanol–water partition coefficient (Wildman–Crippen LogP) is 9.68. The summed E-state index contributed by atoms with van der Waals surface area (Å²) in [4.78, 5) is 46.5. The molecule has 2 aromatic carbocycles. The molecule has 2 heterocycles. The number of nitro groups is 2. The van der Waals surface area contributed by atoms with Crippen molar-refractivity contribution in [2.45, 2.75) is 26.2 Å². The molecule has 2 aliphatic rings. The molecule has 2 aromatic heterocycles. The van der Waals surface area contributed by atoms with Gasteiger partial charge in [0.2, 0.25) is 0 Å². The number of rotatable bonds is 8. The van der Waals surface area contributed by atoms with E-state index in [1.54, 1.807) is 0 Å². The third-order valence-corrected chi connectivity index (χ3v) is 10.7. The summed E-state index contributed by atoms with van der Waals surface area (Å²) in [5.41, 5.74) is -5.86. The maximum atomic E-state index is 14.6. The lowest BCUT2D eigenvalue weighted by atomic mass is 9.75. The number of thiophene rings is 2. The Morgan fingerprint density at radius 3 is 1.25 bits per heavy atom. The number of ether oxygens (including phenoxy) is 2. The zero-order chi connectivity index (χ0) is 37.2. The van der Waals surface area contributed by atoms with Gasteiger partial charge in [-0.15, -0.1) is 22.7 Å². The summed E-state index contributed by atoms with van der Waals surface area (Å²) in [6.45, 7) is 2.60. The van der Waals surface area contributed by atoms with Gasteiger partial charge in [0.05, 0.1) is 9.85 Å². The van der Waals surface area contributed by atoms with Crippen molar-refractivity contribution in [1.29, 1.82) is 0 Å². The van der Waals surface area contributed by atoms with Gasteiger partial charge in [-0.3, -0.25) is 20.2 Å². The van der Waals surface area contributed by atoms with Crippen molar-refractivity contribution >= 4 is 57.1 Å². The molecule has 0 N–H and O–H groups in total. The first kappa shape index (κ1) is 35.5. The quantitative estimate of drug-likeness (QED) is 0.0433. The van der Waals surface area contributed by atoms with E-state index >= 15 is 0 Å². The molecule has 18 heteroatoms. The number of non-ortho nitro benzene ring substituents is 2. The lowest BCUT2D eigenvalue weighted by molar-refractivity contribution is -0.385. The van der Waals surface area contributed by atoms with Crippen LogP contribution in [0, 0.1) is 37.5 Å². The number of hydrogen-bond donors (Lipinski definition) is 0. The number of nitro benzene ring substituents is 2. The van der Waals surface area contributed by atoms with Crippen LogP contribution in [0.4, 0.5) is 37.7 Å². The Labute approximate surface area is 290 Å². The minimum Gasteiger partial charge on any atom is -0.422 e. The zero-order valence-electron chi connectivity index (χ0n) is 25.8. The van der Waals surface area contributed by atoms with Gasteiger partial charge in [-0.2, -0.15) is 26.3 Å². The molecule has 2 atom stereocenters. The highest BCUT2D eigenvalue weighted by Gasteiger charge is 2.68. The maximum absolute atomic E-state index is 14.6. The number of alkyl halides is 6. The van der Waals surface area contributed by atoms with E-state index in [0.717, 1.165) is 24.3 Å². The first-order valence-corrected chi connectivity index (χ1v) is 16.2. The largest absolute Gasteiger partial charge is 0.422 e. The third-order valence-electron chi connectivity index (χ3n) is 8.50. The molecule has 0 amide bonds. The highest BCUT2D eigenvalue weighted by molar-refractivity contribution is 7.16. The monoisotopic (exact) mass is 750 g/mol. The summed E-state index contributed by atoms with van der Waals surface area (Å²) < 4.78 is 98.2. The molecule has 0 radical (unpaired) electrons. The van der Waals surface area contributed by atoms with Gasteiger partial charge in [0.25, 0.3) is 11.4 Å². The van der Waals surface area contributed by atoms with Crippen LogP contribution in [0.25, 0.3) is 11.1 Å². The highest BCUT2D eigenvalue weighted by atomic mass is 32.1. The molecule has 0 saturated carbocycles. The van der Waals surface area contributed by atoms with E-state index in [1.807, 2.05) is 0 Å². The molecular weight excluding hydrogens is 730 g/mol. The van der Waals surface area contributed by atoms with Gasteiger partial charge in [0.15, 0.2) is 0 Å². The van der Waals surface area contributed by atoms with Crippen LogP contribution in [-0.2, 0) is 0 Å². The van der Waals surface area contributed by atoms with E-state index in [4.69, 9.17) is 9.47 Å². The number of hydrogen-bond acceptors (Lipinski definition) is 10. The Bertz CT molecular complexity index is 2010. The molecule has 0 spiro atoms. The Hall–Kier alpha value is -5.36. The number of carbonyl (C=O) groups excluding carboxylic acids is 2. The standard InChI is InChI=1S/C33H20F6N2O8S2/c1-31(2)25-23(19-11-13-21(50-19)29(42)48-17-7-3-15(4-8-17)40(44)45)24(26(31)28(33(37,38)39)27(25)32(34,35)36)20-12-14-22(51-20)30(43)49-18-9-5-16(6-10-18)41(46)47/h3-14,25-26H,1-2H3. The van der Waals surface area contributed by atoms with Crippen molar-refractivity contribution in [2.75, 3.05) is 0 Å². The SMILES string of the molecule is CC1(C)C2C(c3ccc(C(=O)Oc4ccc([N+](=O)[O-])cc4)s3)=C(c3ccc(C(=O)Oc4ccc([N+](=O)[O-])cc4)s3)C1C(C(F)(F)F)=C2C(F)(F)F. The van der Waals surface area contributed by atoms with Gasteiger partial charge in [0.1, 0.15) is 21.3 Å². The van der Waals surface area contributed by atoms with Crippen LogP contribution in [0.3, 0.4) is 0 Å². The predicted molar refractivity (Wildman–Crippen MR) is 171 cm³/mol. The average Bonchev–Trinajstić information content (AvgIpc) is 3.82. The van der Waals surface area contributed by atoms with E-state index in [2.05, 4.69) is 0 Å². The van der Waals surface area contributed by atoms with Gasteiger partial charge < -0.3 is 9.47 Å². The number of carbonyl (C=O) groups is 2. The Kier molecular flexibility index (Phi) is 8.66. The Morgan fingerprint density at radius 1 is 0.627 bits per heavy atom. The van der Waals surface area contributed by atoms with Gasteiger partial charge in [-0.1, -0.05) is 13.8 Å². The van der Waals surface area contributed by atoms with Crippen molar-refractivity contribution in [1.82, 2.24) is 0 Å². The van der Waals surface area contributed by atoms with Gasteiger partial charge in [0, 0.05) is 57.0 Å². The summed E-state index contributed by atoms with van der Waals surface area (Å²) in [5, 5.41) is 21.9. The first-order chi connectivity index (χ1) is 23.8. The van der Waals surface area contributed by atoms with Gasteiger partial charge in [-0.05, 0) is 65.1 Å². The highest BCUT2D eigenvalue weighted by Crippen LogP contribution is 2.72. The Morgan fingerprint density at radius 2 is 0.961 bits per heavy atom. The molecule has 6 rings (SSSR count). The number of esters is 2. The topological polar surface area (TPSA) is 139 Å². The zero-order valence-corrected chi connectivity index (χ0v) is 27.5. The average molecular weight is 751 g/mol. The van der Waals surface area contributed by atoms with Crippen LogP contribution in [0.2, 0.25) is 0 Å². The molecular formula is C33H20F6N2O8S2. The smallest absolute Gasteiger partial charge is 0.413 e. The molecule has 2 aliphatic carbocycles. The Balaban J connectivity index is 1.41.